The van der Waals surface area contributed by atoms with Gasteiger partial charge in [0.25, 0.3) is 0 Å². The number of benzene rings is 1. The van der Waals surface area contributed by atoms with Crippen molar-refractivity contribution in [2.24, 2.45) is 11.3 Å². The van der Waals surface area contributed by atoms with E-state index in [0.29, 0.717) is 12.0 Å². The largest absolute Gasteiger partial charge is 0.465 e. The van der Waals surface area contributed by atoms with Gasteiger partial charge < -0.3 is 15.2 Å². The Morgan fingerprint density at radius 2 is 1.79 bits per heavy atom. The third kappa shape index (κ3) is 2.90. The second-order valence-electron chi connectivity index (χ2n) is 9.62. The topological polar surface area (TPSA) is 95.9 Å². The van der Waals surface area contributed by atoms with E-state index in [9.17, 15) is 19.5 Å². The number of carbonyl (C=O) groups excluding carboxylic acids is 2. The Balaban J connectivity index is 1.52. The zero-order chi connectivity index (χ0) is 21.2. The Bertz CT molecular complexity index is 868. The molecule has 1 heterocycles. The highest BCUT2D eigenvalue weighted by atomic mass is 16.5. The molecule has 7 heteroatoms. The molecule has 0 radical (unpaired) electrons. The number of piperidine rings is 1. The lowest BCUT2D eigenvalue weighted by Crippen LogP contribution is -2.56. The number of nitrogens with zero attached hydrogens (tertiary/aromatic N) is 1. The predicted octanol–water partition coefficient (Wildman–Crippen LogP) is 3.14. The first-order valence-corrected chi connectivity index (χ1v) is 10.1. The molecule has 2 unspecified atom stereocenters. The summed E-state index contributed by atoms with van der Waals surface area (Å²) in [5.74, 6) is -0.387. The van der Waals surface area contributed by atoms with Crippen molar-refractivity contribution in [2.45, 2.75) is 63.6 Å². The summed E-state index contributed by atoms with van der Waals surface area (Å²) in [7, 11) is 1.34. The SMILES string of the molecule is COC(=O)c1ccc(C2(NC(=O)C3C[C@H]4CC4(C(C)(C)C)N3C(=O)O)CC2)cc1. The summed E-state index contributed by atoms with van der Waals surface area (Å²) in [4.78, 5) is 38.3. The number of methoxy groups -OCH3 is 1. The molecule has 2 saturated carbocycles. The van der Waals surface area contributed by atoms with Crippen LogP contribution in [0, 0.1) is 11.3 Å². The fourth-order valence-electron chi connectivity index (χ4n) is 5.32. The molecule has 1 aromatic carbocycles. The summed E-state index contributed by atoms with van der Waals surface area (Å²) in [5.41, 5.74) is 0.246. The van der Waals surface area contributed by atoms with Gasteiger partial charge in [-0.05, 0) is 54.7 Å². The summed E-state index contributed by atoms with van der Waals surface area (Å²) in [6.45, 7) is 6.15. The number of rotatable bonds is 4. The highest BCUT2D eigenvalue weighted by Crippen LogP contribution is 2.66. The smallest absolute Gasteiger partial charge is 0.408 e. The highest BCUT2D eigenvalue weighted by Gasteiger charge is 2.73. The number of hydrogen-bond acceptors (Lipinski definition) is 4. The fraction of sp³-hybridized carbons (Fsp3) is 0.591. The lowest BCUT2D eigenvalue weighted by molar-refractivity contribution is -0.127. The zero-order valence-corrected chi connectivity index (χ0v) is 17.3. The van der Waals surface area contributed by atoms with Crippen molar-refractivity contribution in [2.75, 3.05) is 7.11 Å². The number of amides is 2. The maximum atomic E-state index is 13.2. The Morgan fingerprint density at radius 1 is 1.17 bits per heavy atom. The molecule has 0 spiro atoms. The molecule has 3 aliphatic rings. The van der Waals surface area contributed by atoms with Gasteiger partial charge in [0.2, 0.25) is 5.91 Å². The van der Waals surface area contributed by atoms with E-state index in [1.165, 1.54) is 12.0 Å². The minimum absolute atomic E-state index is 0.216. The van der Waals surface area contributed by atoms with Crippen molar-refractivity contribution in [1.82, 2.24) is 10.2 Å². The number of esters is 1. The van der Waals surface area contributed by atoms with Gasteiger partial charge in [0.1, 0.15) is 6.04 Å². The van der Waals surface area contributed by atoms with Gasteiger partial charge in [0.15, 0.2) is 0 Å². The summed E-state index contributed by atoms with van der Waals surface area (Å²) < 4.78 is 4.72. The number of nitrogens with one attached hydrogen (secondary N) is 1. The number of carbonyl (C=O) groups is 3. The molecular weight excluding hydrogens is 372 g/mol. The van der Waals surface area contributed by atoms with Crippen LogP contribution in [-0.2, 0) is 15.1 Å². The quantitative estimate of drug-likeness (QED) is 0.757. The first kappa shape index (κ1) is 19.7. The molecule has 3 atom stereocenters. The van der Waals surface area contributed by atoms with Crippen LogP contribution in [0.5, 0.6) is 0 Å². The second-order valence-corrected chi connectivity index (χ2v) is 9.62. The first-order chi connectivity index (χ1) is 13.6. The molecule has 7 nitrogen and oxygen atoms in total. The molecule has 0 aromatic heterocycles. The molecule has 29 heavy (non-hydrogen) atoms. The van der Waals surface area contributed by atoms with E-state index in [2.05, 4.69) is 26.1 Å². The van der Waals surface area contributed by atoms with Gasteiger partial charge in [0, 0.05) is 0 Å². The van der Waals surface area contributed by atoms with Crippen molar-refractivity contribution in [1.29, 1.82) is 0 Å². The number of ether oxygens (including phenoxy) is 1. The average molecular weight is 400 g/mol. The monoisotopic (exact) mass is 400 g/mol. The van der Waals surface area contributed by atoms with Crippen LogP contribution in [0.1, 0.15) is 62.4 Å². The minimum Gasteiger partial charge on any atom is -0.465 e. The Hall–Kier alpha value is -2.57. The summed E-state index contributed by atoms with van der Waals surface area (Å²) >= 11 is 0. The number of hydrogen-bond donors (Lipinski definition) is 2. The van der Waals surface area contributed by atoms with Gasteiger partial charge >= 0.3 is 12.1 Å². The van der Waals surface area contributed by atoms with E-state index in [-0.39, 0.29) is 17.2 Å². The van der Waals surface area contributed by atoms with E-state index in [1.54, 1.807) is 12.1 Å². The van der Waals surface area contributed by atoms with Crippen molar-refractivity contribution >= 4 is 18.0 Å². The lowest BCUT2D eigenvalue weighted by Gasteiger charge is -2.39. The van der Waals surface area contributed by atoms with E-state index < -0.39 is 29.2 Å². The molecule has 156 valence electrons. The van der Waals surface area contributed by atoms with Crippen molar-refractivity contribution in [3.8, 4) is 0 Å². The van der Waals surface area contributed by atoms with Crippen LogP contribution in [0.15, 0.2) is 24.3 Å². The zero-order valence-electron chi connectivity index (χ0n) is 17.3. The maximum absolute atomic E-state index is 13.2. The van der Waals surface area contributed by atoms with Crippen molar-refractivity contribution in [3.05, 3.63) is 35.4 Å². The highest BCUT2D eigenvalue weighted by molar-refractivity contribution is 5.90. The average Bonchev–Trinajstić information content (AvgIpc) is 3.57. The molecule has 2 N–H and O–H groups in total. The number of fused-ring (bicyclic) bond motifs is 1. The molecule has 3 fully saturated rings. The third-order valence-electron chi connectivity index (χ3n) is 7.10. The van der Waals surface area contributed by atoms with E-state index in [0.717, 1.165) is 24.8 Å². The fourth-order valence-corrected chi connectivity index (χ4v) is 5.32. The molecule has 1 aliphatic heterocycles. The Kier molecular flexibility index (Phi) is 4.23. The third-order valence-corrected chi connectivity index (χ3v) is 7.10. The molecule has 1 aromatic rings. The maximum Gasteiger partial charge on any atom is 0.408 e. The van der Waals surface area contributed by atoms with Crippen molar-refractivity contribution < 1.29 is 24.2 Å². The molecule has 0 bridgehead atoms. The number of likely N-dealkylation sites (tertiary alicyclic amines) is 1. The van der Waals surface area contributed by atoms with Crippen LogP contribution in [-0.4, -0.2) is 46.7 Å². The minimum atomic E-state index is -1.02. The van der Waals surface area contributed by atoms with Crippen LogP contribution in [0.2, 0.25) is 0 Å². The Labute approximate surface area is 170 Å². The van der Waals surface area contributed by atoms with E-state index >= 15 is 0 Å². The van der Waals surface area contributed by atoms with Gasteiger partial charge in [-0.15, -0.1) is 0 Å². The van der Waals surface area contributed by atoms with Crippen LogP contribution >= 0.6 is 0 Å². The molecule has 4 rings (SSSR count). The molecule has 2 aliphatic carbocycles. The van der Waals surface area contributed by atoms with Gasteiger partial charge in [-0.25, -0.2) is 9.59 Å². The van der Waals surface area contributed by atoms with E-state index in [1.807, 2.05) is 12.1 Å². The number of carboxylic acid groups (broad SMARTS) is 1. The summed E-state index contributed by atoms with van der Waals surface area (Å²) in [6, 6.07) is 6.39. The van der Waals surface area contributed by atoms with Crippen LogP contribution < -0.4 is 5.32 Å². The molecule has 1 saturated heterocycles. The van der Waals surface area contributed by atoms with E-state index in [4.69, 9.17) is 4.74 Å². The summed E-state index contributed by atoms with van der Waals surface area (Å²) in [6.07, 6.45) is 1.97. The molecule has 2 amide bonds. The van der Waals surface area contributed by atoms with Gasteiger partial charge in [0.05, 0.1) is 23.8 Å². The predicted molar refractivity (Wildman–Crippen MR) is 105 cm³/mol. The normalized spacial score (nSPS) is 29.0. The van der Waals surface area contributed by atoms with Crippen LogP contribution in [0.25, 0.3) is 0 Å². The lowest BCUT2D eigenvalue weighted by atomic mass is 9.82. The Morgan fingerprint density at radius 3 is 2.28 bits per heavy atom. The van der Waals surface area contributed by atoms with Crippen LogP contribution in [0.4, 0.5) is 4.79 Å². The van der Waals surface area contributed by atoms with Gasteiger partial charge in [-0.3, -0.25) is 9.69 Å². The van der Waals surface area contributed by atoms with Crippen molar-refractivity contribution in [3.63, 3.8) is 0 Å². The van der Waals surface area contributed by atoms with Gasteiger partial charge in [-0.2, -0.15) is 0 Å². The second kappa shape index (κ2) is 6.21. The van der Waals surface area contributed by atoms with Gasteiger partial charge in [-0.1, -0.05) is 32.9 Å². The molecular formula is C22H28N2O5. The summed E-state index contributed by atoms with van der Waals surface area (Å²) in [5, 5.41) is 13.0. The standard InChI is InChI=1S/C22H28N2O5/c1-20(2,3)22-12-15(22)11-16(24(22)19(27)28)17(25)23-21(9-10-21)14-7-5-13(6-8-14)18(26)29-4/h5-8,15-16H,9-12H2,1-4H3,(H,23,25)(H,27,28)/t15-,16?,22?/m0/s1. The van der Waals surface area contributed by atoms with Crippen LogP contribution in [0.3, 0.4) is 0 Å². The first-order valence-electron chi connectivity index (χ1n) is 10.1.